The normalized spacial score (nSPS) is 13.5. The molecule has 3 aromatic heterocycles. The number of pyridine rings is 1. The zero-order valence-corrected chi connectivity index (χ0v) is 19.5. The van der Waals surface area contributed by atoms with E-state index >= 15 is 0 Å². The highest BCUT2D eigenvalue weighted by Gasteiger charge is 2.25. The number of carbonyl (C=O) groups excluding carboxylic acids is 1. The van der Waals surface area contributed by atoms with Crippen molar-refractivity contribution in [3.63, 3.8) is 0 Å². The van der Waals surface area contributed by atoms with Crippen molar-refractivity contribution in [2.24, 2.45) is 10.2 Å². The van der Waals surface area contributed by atoms with Gasteiger partial charge in [-0.05, 0) is 13.0 Å². The predicted molar refractivity (Wildman–Crippen MR) is 126 cm³/mol. The van der Waals surface area contributed by atoms with Crippen molar-refractivity contribution in [1.82, 2.24) is 29.6 Å². The number of hydrogen-bond acceptors (Lipinski definition) is 11. The Labute approximate surface area is 201 Å². The van der Waals surface area contributed by atoms with Crippen LogP contribution in [0.25, 0.3) is 5.95 Å². The highest BCUT2D eigenvalue weighted by atomic mass is 16.2. The molecule has 0 aliphatic carbocycles. The summed E-state index contributed by atoms with van der Waals surface area (Å²) in [6.45, 7) is 5.55. The smallest absolute Gasteiger partial charge is 0.252 e. The standard InChI is InChI=1S/C22H22N12O/c1-14-17(12-24)21(33-9-7-32(8-10-33)15(2)35)29-19(25-3)18(14)30-31-20-16(11-23)13-28-34(20)22-26-5-4-6-27-22/h4-6,13H,7-10H2,1-3H3,(H,25,29)/b31-30+. The van der Waals surface area contributed by atoms with Crippen LogP contribution in [0.5, 0.6) is 0 Å². The molecule has 1 amide bonds. The predicted octanol–water partition coefficient (Wildman–Crippen LogP) is 2.23. The van der Waals surface area contributed by atoms with E-state index in [0.29, 0.717) is 54.6 Å². The van der Waals surface area contributed by atoms with E-state index in [1.165, 1.54) is 10.9 Å². The summed E-state index contributed by atoms with van der Waals surface area (Å²) in [6.07, 6.45) is 4.47. The van der Waals surface area contributed by atoms with Crippen LogP contribution in [0.3, 0.4) is 0 Å². The first kappa shape index (κ1) is 23.3. The van der Waals surface area contributed by atoms with Crippen molar-refractivity contribution in [3.05, 3.63) is 41.3 Å². The zero-order chi connectivity index (χ0) is 24.9. The van der Waals surface area contributed by atoms with Gasteiger partial charge in [0.2, 0.25) is 5.91 Å². The number of nitrogens with one attached hydrogen (secondary N) is 1. The van der Waals surface area contributed by atoms with Crippen LogP contribution in [0.1, 0.15) is 23.6 Å². The summed E-state index contributed by atoms with van der Waals surface area (Å²) < 4.78 is 1.32. The molecule has 1 N–H and O–H groups in total. The Morgan fingerprint density at radius 1 is 1.11 bits per heavy atom. The summed E-state index contributed by atoms with van der Waals surface area (Å²) >= 11 is 0. The molecule has 35 heavy (non-hydrogen) atoms. The molecule has 1 fully saturated rings. The van der Waals surface area contributed by atoms with E-state index in [0.717, 1.165) is 0 Å². The van der Waals surface area contributed by atoms with Crippen molar-refractivity contribution in [1.29, 1.82) is 10.5 Å². The minimum Gasteiger partial charge on any atom is -0.371 e. The molecule has 0 atom stereocenters. The highest BCUT2D eigenvalue weighted by molar-refractivity contribution is 5.76. The van der Waals surface area contributed by atoms with Crippen LogP contribution in [-0.2, 0) is 4.79 Å². The maximum Gasteiger partial charge on any atom is 0.252 e. The first-order chi connectivity index (χ1) is 17.0. The largest absolute Gasteiger partial charge is 0.371 e. The van der Waals surface area contributed by atoms with Gasteiger partial charge in [-0.1, -0.05) is 0 Å². The first-order valence-electron chi connectivity index (χ1n) is 10.8. The lowest BCUT2D eigenvalue weighted by Crippen LogP contribution is -2.48. The van der Waals surface area contributed by atoms with Gasteiger partial charge in [0.1, 0.15) is 29.2 Å². The topological polar surface area (TPSA) is 164 Å². The second-order valence-electron chi connectivity index (χ2n) is 7.64. The van der Waals surface area contributed by atoms with Crippen LogP contribution in [0.4, 0.5) is 23.1 Å². The lowest BCUT2D eigenvalue weighted by Gasteiger charge is -2.35. The van der Waals surface area contributed by atoms with Crippen LogP contribution < -0.4 is 10.2 Å². The Hall–Kier alpha value is -4.91. The third-order valence-electron chi connectivity index (χ3n) is 5.62. The molecular formula is C22H22N12O. The second-order valence-corrected chi connectivity index (χ2v) is 7.64. The van der Waals surface area contributed by atoms with E-state index in [1.807, 2.05) is 11.0 Å². The number of azo groups is 1. The van der Waals surface area contributed by atoms with Crippen LogP contribution in [0.15, 0.2) is 34.9 Å². The van der Waals surface area contributed by atoms with Crippen molar-refractivity contribution in [2.75, 3.05) is 43.4 Å². The number of carbonyl (C=O) groups is 1. The number of anilines is 2. The lowest BCUT2D eigenvalue weighted by molar-refractivity contribution is -0.129. The summed E-state index contributed by atoms with van der Waals surface area (Å²) in [5, 5.41) is 35.3. The van der Waals surface area contributed by atoms with Gasteiger partial charge in [0.15, 0.2) is 11.6 Å². The SMILES string of the molecule is CNc1nc(N2CCN(C(C)=O)CC2)c(C#N)c(C)c1/N=N/c1c(C#N)cnn1-c1ncccn1. The molecule has 13 nitrogen and oxygen atoms in total. The Morgan fingerprint density at radius 3 is 2.43 bits per heavy atom. The van der Waals surface area contributed by atoms with Crippen molar-refractivity contribution >= 4 is 29.0 Å². The maximum atomic E-state index is 11.7. The molecule has 1 aliphatic heterocycles. The van der Waals surface area contributed by atoms with Gasteiger partial charge in [0, 0.05) is 58.1 Å². The third-order valence-corrected chi connectivity index (χ3v) is 5.62. The molecule has 3 aromatic rings. The van der Waals surface area contributed by atoms with Gasteiger partial charge in [-0.2, -0.15) is 20.3 Å². The zero-order valence-electron chi connectivity index (χ0n) is 19.5. The molecule has 4 rings (SSSR count). The quantitative estimate of drug-likeness (QED) is 0.550. The van der Waals surface area contributed by atoms with E-state index in [9.17, 15) is 15.3 Å². The average molecular weight is 471 g/mol. The molecule has 1 saturated heterocycles. The Morgan fingerprint density at radius 2 is 1.83 bits per heavy atom. The summed E-state index contributed by atoms with van der Waals surface area (Å²) in [5.41, 5.74) is 1.51. The Bertz CT molecular complexity index is 1360. The fourth-order valence-corrected chi connectivity index (χ4v) is 3.73. The van der Waals surface area contributed by atoms with Crippen molar-refractivity contribution < 1.29 is 4.79 Å². The molecule has 0 bridgehead atoms. The molecule has 0 saturated carbocycles. The van der Waals surface area contributed by atoms with Gasteiger partial charge in [-0.25, -0.2) is 15.0 Å². The van der Waals surface area contributed by atoms with E-state index in [2.05, 4.69) is 41.7 Å². The molecule has 176 valence electrons. The van der Waals surface area contributed by atoms with Gasteiger partial charge >= 0.3 is 0 Å². The van der Waals surface area contributed by atoms with Crippen LogP contribution in [0, 0.1) is 29.6 Å². The van der Waals surface area contributed by atoms with Gasteiger partial charge < -0.3 is 15.1 Å². The molecular weight excluding hydrogens is 448 g/mol. The number of piperazine rings is 1. The molecule has 13 heteroatoms. The number of nitriles is 2. The molecule has 0 unspecified atom stereocenters. The van der Waals surface area contributed by atoms with Gasteiger partial charge in [-0.15, -0.1) is 10.2 Å². The summed E-state index contributed by atoms with van der Waals surface area (Å²) in [6, 6.07) is 5.94. The Kier molecular flexibility index (Phi) is 6.59. The number of nitrogens with zero attached hydrogens (tertiary/aromatic N) is 11. The highest BCUT2D eigenvalue weighted by Crippen LogP contribution is 2.36. The maximum absolute atomic E-state index is 11.7. The van der Waals surface area contributed by atoms with E-state index in [-0.39, 0.29) is 23.2 Å². The molecule has 4 heterocycles. The summed E-state index contributed by atoms with van der Waals surface area (Å²) in [5.74, 6) is 1.37. The molecule has 0 aromatic carbocycles. The van der Waals surface area contributed by atoms with Gasteiger partial charge in [-0.3, -0.25) is 4.79 Å². The number of rotatable bonds is 5. The second kappa shape index (κ2) is 9.93. The van der Waals surface area contributed by atoms with Crippen LogP contribution in [0.2, 0.25) is 0 Å². The number of aromatic nitrogens is 5. The van der Waals surface area contributed by atoms with Gasteiger partial charge in [0.25, 0.3) is 5.95 Å². The first-order valence-corrected chi connectivity index (χ1v) is 10.8. The van der Waals surface area contributed by atoms with Crippen molar-refractivity contribution in [2.45, 2.75) is 13.8 Å². The Balaban J connectivity index is 1.74. The molecule has 1 aliphatic rings. The fraction of sp³-hybridized carbons (Fsp3) is 0.318. The van der Waals surface area contributed by atoms with E-state index in [4.69, 9.17) is 0 Å². The van der Waals surface area contributed by atoms with E-state index < -0.39 is 0 Å². The van der Waals surface area contributed by atoms with Crippen LogP contribution >= 0.6 is 0 Å². The number of hydrogen-bond donors (Lipinski definition) is 1. The third kappa shape index (κ3) is 4.47. The number of amides is 1. The molecule has 0 radical (unpaired) electrons. The average Bonchev–Trinajstić information content (AvgIpc) is 3.31. The summed E-state index contributed by atoms with van der Waals surface area (Å²) in [4.78, 5) is 28.4. The van der Waals surface area contributed by atoms with Gasteiger partial charge in [0.05, 0.1) is 11.8 Å². The molecule has 0 spiro atoms. The minimum absolute atomic E-state index is 0.0258. The monoisotopic (exact) mass is 470 g/mol. The van der Waals surface area contributed by atoms with Crippen molar-refractivity contribution in [3.8, 4) is 18.1 Å². The fourth-order valence-electron chi connectivity index (χ4n) is 3.73. The summed E-state index contributed by atoms with van der Waals surface area (Å²) in [7, 11) is 1.70. The van der Waals surface area contributed by atoms with Crippen LogP contribution in [-0.4, -0.2) is 68.8 Å². The lowest BCUT2D eigenvalue weighted by atomic mass is 10.1. The minimum atomic E-state index is 0.0258. The van der Waals surface area contributed by atoms with E-state index in [1.54, 1.807) is 44.3 Å².